The molecule has 1 aliphatic heterocycles. The van der Waals surface area contributed by atoms with Gasteiger partial charge >= 0.3 is 5.97 Å². The molecule has 8 nitrogen and oxygen atoms in total. The number of amides is 1. The lowest BCUT2D eigenvalue weighted by atomic mass is 10.0. The Balaban J connectivity index is 1.28. The fourth-order valence-electron chi connectivity index (χ4n) is 4.46. The number of hydrogen-bond acceptors (Lipinski definition) is 6. The van der Waals surface area contributed by atoms with Gasteiger partial charge in [0.1, 0.15) is 11.4 Å². The zero-order valence-electron chi connectivity index (χ0n) is 21.2. The number of halogens is 4. The van der Waals surface area contributed by atoms with Crippen LogP contribution in [0.5, 0.6) is 17.2 Å². The van der Waals surface area contributed by atoms with Gasteiger partial charge in [-0.25, -0.2) is 10.2 Å². The Bertz CT molecular complexity index is 1920. The molecule has 42 heavy (non-hydrogen) atoms. The second kappa shape index (κ2) is 11.7. The minimum atomic E-state index is -0.604. The Labute approximate surface area is 262 Å². The van der Waals surface area contributed by atoms with Crippen molar-refractivity contribution in [1.82, 2.24) is 10.4 Å². The molecule has 2 N–H and O–H groups in total. The summed E-state index contributed by atoms with van der Waals surface area (Å²) in [5.41, 5.74) is 5.08. The summed E-state index contributed by atoms with van der Waals surface area (Å²) in [5.74, 6) is 0.0756. The standard InChI is InChI=1S/C30H17BrCl3N3O5/c31-17-6-8-23(42-30(39)15-5-7-24-25(10-15)41-14-40-24)16(9-17)13-35-37-29(38)28-26(19-3-1-2-4-20(19)33)27-21(34)11-18(32)12-22(27)36-28/h1-13,36H,14H2,(H,37,38). The first-order valence-electron chi connectivity index (χ1n) is 12.3. The topological polar surface area (TPSA) is 102 Å². The summed E-state index contributed by atoms with van der Waals surface area (Å²) in [6.45, 7) is 0.0893. The van der Waals surface area contributed by atoms with Crippen molar-refractivity contribution in [3.63, 3.8) is 0 Å². The minimum Gasteiger partial charge on any atom is -0.454 e. The summed E-state index contributed by atoms with van der Waals surface area (Å²) >= 11 is 22.7. The summed E-state index contributed by atoms with van der Waals surface area (Å²) in [6.07, 6.45) is 1.37. The second-order valence-electron chi connectivity index (χ2n) is 9.00. The van der Waals surface area contributed by atoms with E-state index in [4.69, 9.17) is 49.0 Å². The Morgan fingerprint density at radius 1 is 0.952 bits per heavy atom. The molecule has 0 radical (unpaired) electrons. The summed E-state index contributed by atoms with van der Waals surface area (Å²) < 4.78 is 17.0. The molecule has 0 saturated heterocycles. The van der Waals surface area contributed by atoms with Crippen molar-refractivity contribution >= 4 is 79.7 Å². The van der Waals surface area contributed by atoms with E-state index in [2.05, 4.69) is 31.4 Å². The van der Waals surface area contributed by atoms with Crippen LogP contribution in [0.4, 0.5) is 0 Å². The van der Waals surface area contributed by atoms with Gasteiger partial charge in [-0.15, -0.1) is 0 Å². The lowest BCUT2D eigenvalue weighted by Gasteiger charge is -2.09. The van der Waals surface area contributed by atoms with Crippen LogP contribution in [-0.2, 0) is 0 Å². The maximum atomic E-state index is 13.4. The predicted octanol–water partition coefficient (Wildman–Crippen LogP) is 8.27. The van der Waals surface area contributed by atoms with E-state index >= 15 is 0 Å². The molecule has 5 aromatic rings. The van der Waals surface area contributed by atoms with Crippen LogP contribution >= 0.6 is 50.7 Å². The number of esters is 1. The maximum Gasteiger partial charge on any atom is 0.343 e. The predicted molar refractivity (Wildman–Crippen MR) is 165 cm³/mol. The third kappa shape index (κ3) is 5.56. The number of hydrazone groups is 1. The zero-order valence-corrected chi connectivity index (χ0v) is 25.1. The fourth-order valence-corrected chi connectivity index (χ4v) is 5.66. The molecule has 0 bridgehead atoms. The van der Waals surface area contributed by atoms with Crippen molar-refractivity contribution in [3.05, 3.63) is 109 Å². The van der Waals surface area contributed by atoms with E-state index in [0.29, 0.717) is 58.6 Å². The third-order valence-corrected chi connectivity index (χ3v) is 7.68. The van der Waals surface area contributed by atoms with E-state index in [0.717, 1.165) is 0 Å². The van der Waals surface area contributed by atoms with E-state index < -0.39 is 11.9 Å². The average molecular weight is 686 g/mol. The third-order valence-electron chi connectivity index (χ3n) is 6.34. The summed E-state index contributed by atoms with van der Waals surface area (Å²) in [5, 5.41) is 5.92. The largest absolute Gasteiger partial charge is 0.454 e. The van der Waals surface area contributed by atoms with Gasteiger partial charge in [-0.05, 0) is 54.6 Å². The van der Waals surface area contributed by atoms with E-state index in [9.17, 15) is 9.59 Å². The average Bonchev–Trinajstić information content (AvgIpc) is 3.59. The molecular formula is C30H17BrCl3N3O5. The number of carbonyl (C=O) groups excluding carboxylic acids is 2. The van der Waals surface area contributed by atoms with Crippen LogP contribution in [0.3, 0.4) is 0 Å². The summed E-state index contributed by atoms with van der Waals surface area (Å²) in [6, 6.07) is 20.2. The lowest BCUT2D eigenvalue weighted by Crippen LogP contribution is -2.19. The highest BCUT2D eigenvalue weighted by Crippen LogP contribution is 2.41. The van der Waals surface area contributed by atoms with Gasteiger partial charge in [-0.3, -0.25) is 4.79 Å². The molecule has 6 rings (SSSR count). The zero-order chi connectivity index (χ0) is 29.4. The van der Waals surface area contributed by atoms with E-state index in [-0.39, 0.29) is 23.8 Å². The van der Waals surface area contributed by atoms with Gasteiger partial charge in [0, 0.05) is 42.1 Å². The maximum absolute atomic E-state index is 13.4. The summed E-state index contributed by atoms with van der Waals surface area (Å²) in [7, 11) is 0. The molecule has 0 fully saturated rings. The van der Waals surface area contributed by atoms with Crippen LogP contribution in [0.15, 0.2) is 82.4 Å². The van der Waals surface area contributed by atoms with Crippen LogP contribution < -0.4 is 19.6 Å². The molecule has 4 aromatic carbocycles. The van der Waals surface area contributed by atoms with Crippen molar-refractivity contribution in [2.45, 2.75) is 0 Å². The number of nitrogens with one attached hydrogen (secondary N) is 2. The van der Waals surface area contributed by atoms with Gasteiger partial charge in [0.15, 0.2) is 11.5 Å². The normalized spacial score (nSPS) is 12.2. The van der Waals surface area contributed by atoms with Gasteiger partial charge in [0.2, 0.25) is 6.79 Å². The summed E-state index contributed by atoms with van der Waals surface area (Å²) in [4.78, 5) is 29.4. The number of rotatable bonds is 6. The van der Waals surface area contributed by atoms with Crippen molar-refractivity contribution in [1.29, 1.82) is 0 Å². The SMILES string of the molecule is O=C(Oc1ccc(Br)cc1C=NNC(=O)c1[nH]c2cc(Cl)cc(Cl)c2c1-c1ccccc1Cl)c1ccc2c(c1)OCO2. The number of benzene rings is 4. The molecule has 12 heteroatoms. The number of nitrogens with zero attached hydrogens (tertiary/aromatic N) is 1. The molecule has 0 unspecified atom stereocenters. The van der Waals surface area contributed by atoms with Gasteiger partial charge < -0.3 is 19.2 Å². The number of fused-ring (bicyclic) bond motifs is 2. The highest BCUT2D eigenvalue weighted by atomic mass is 79.9. The molecule has 0 atom stereocenters. The highest BCUT2D eigenvalue weighted by molar-refractivity contribution is 9.10. The Kier molecular flexibility index (Phi) is 7.83. The number of carbonyl (C=O) groups is 2. The van der Waals surface area contributed by atoms with Crippen LogP contribution in [0.2, 0.25) is 15.1 Å². The molecular weight excluding hydrogens is 669 g/mol. The Morgan fingerprint density at radius 2 is 1.76 bits per heavy atom. The van der Waals surface area contributed by atoms with Crippen LogP contribution in [0.1, 0.15) is 26.4 Å². The molecule has 1 amide bonds. The molecule has 0 saturated carbocycles. The van der Waals surface area contributed by atoms with Crippen LogP contribution in [0.25, 0.3) is 22.0 Å². The monoisotopic (exact) mass is 683 g/mol. The van der Waals surface area contributed by atoms with Crippen molar-refractivity contribution in [3.8, 4) is 28.4 Å². The van der Waals surface area contributed by atoms with Gasteiger partial charge in [-0.1, -0.05) is 68.9 Å². The molecule has 210 valence electrons. The van der Waals surface area contributed by atoms with Crippen LogP contribution in [-0.4, -0.2) is 29.9 Å². The number of ether oxygens (including phenoxy) is 3. The van der Waals surface area contributed by atoms with Crippen molar-refractivity contribution < 1.29 is 23.8 Å². The van der Waals surface area contributed by atoms with Crippen molar-refractivity contribution in [2.75, 3.05) is 6.79 Å². The van der Waals surface area contributed by atoms with Crippen molar-refractivity contribution in [2.24, 2.45) is 5.10 Å². The fraction of sp³-hybridized carbons (Fsp3) is 0.0333. The molecule has 2 heterocycles. The van der Waals surface area contributed by atoms with Gasteiger partial charge in [-0.2, -0.15) is 5.10 Å². The van der Waals surface area contributed by atoms with Gasteiger partial charge in [0.05, 0.1) is 16.8 Å². The first-order valence-corrected chi connectivity index (χ1v) is 14.2. The van der Waals surface area contributed by atoms with Crippen LogP contribution in [0, 0.1) is 0 Å². The smallest absolute Gasteiger partial charge is 0.343 e. The molecule has 0 spiro atoms. The molecule has 0 aliphatic carbocycles. The lowest BCUT2D eigenvalue weighted by molar-refractivity contribution is 0.0733. The number of H-pyrrole nitrogens is 1. The number of aromatic nitrogens is 1. The first-order chi connectivity index (χ1) is 20.3. The van der Waals surface area contributed by atoms with E-state index in [1.54, 1.807) is 66.7 Å². The highest BCUT2D eigenvalue weighted by Gasteiger charge is 2.23. The molecule has 1 aromatic heterocycles. The number of hydrogen-bond donors (Lipinski definition) is 2. The number of aromatic amines is 1. The second-order valence-corrected chi connectivity index (χ2v) is 11.2. The minimum absolute atomic E-state index is 0.0893. The quantitative estimate of drug-likeness (QED) is 0.0811. The van der Waals surface area contributed by atoms with E-state index in [1.807, 2.05) is 6.07 Å². The van der Waals surface area contributed by atoms with E-state index in [1.165, 1.54) is 6.21 Å². The Hall–Kier alpha value is -4.02. The Morgan fingerprint density at radius 3 is 2.60 bits per heavy atom. The first kappa shape index (κ1) is 28.1. The molecule has 1 aliphatic rings. The van der Waals surface area contributed by atoms with Gasteiger partial charge in [0.25, 0.3) is 5.91 Å².